The van der Waals surface area contributed by atoms with Gasteiger partial charge in [-0.2, -0.15) is 0 Å². The van der Waals surface area contributed by atoms with E-state index in [0.717, 1.165) is 94.1 Å². The molecule has 4 heteroatoms. The molecule has 204 valence electrons. The van der Waals surface area contributed by atoms with E-state index in [-0.39, 0.29) is 23.8 Å². The van der Waals surface area contributed by atoms with Crippen LogP contribution in [0.3, 0.4) is 0 Å². The lowest BCUT2D eigenvalue weighted by atomic mass is 9.76. The summed E-state index contributed by atoms with van der Waals surface area (Å²) in [7, 11) is 0. The zero-order valence-electron chi connectivity index (χ0n) is 22.8. The number of hydrogen-bond acceptors (Lipinski definition) is 1. The molecule has 0 heterocycles. The lowest BCUT2D eigenvalue weighted by Crippen LogP contribution is -2.22. The molecule has 37 heavy (non-hydrogen) atoms. The van der Waals surface area contributed by atoms with E-state index in [9.17, 15) is 4.39 Å². The van der Waals surface area contributed by atoms with Crippen LogP contribution in [0.4, 0.5) is 13.2 Å². The topological polar surface area (TPSA) is 9.23 Å². The highest BCUT2D eigenvalue weighted by molar-refractivity contribution is 5.32. The number of rotatable bonds is 11. The molecule has 4 rings (SSSR count). The highest BCUT2D eigenvalue weighted by Crippen LogP contribution is 2.41. The van der Waals surface area contributed by atoms with Crippen LogP contribution >= 0.6 is 0 Å². The molecule has 2 aliphatic rings. The van der Waals surface area contributed by atoms with Crippen molar-refractivity contribution >= 4 is 0 Å². The predicted octanol–water partition coefficient (Wildman–Crippen LogP) is 10.2. The standard InChI is InChI=1S/C33H45F3O/c1-3-5-6-8-27-14-11-24(21-31(27)34)22-37-28-17-15-26(16-18-28)30-20-19-29(32(35)33(30)36)25-12-9-23(7-4-2)10-13-25/h11,14,19-21,23,25-26,28H,3-10,12-13,15-18,22H2,1-2H3. The highest BCUT2D eigenvalue weighted by atomic mass is 19.2. The van der Waals surface area contributed by atoms with Crippen LogP contribution in [0.5, 0.6) is 0 Å². The average molecular weight is 515 g/mol. The summed E-state index contributed by atoms with van der Waals surface area (Å²) in [6, 6.07) is 9.16. The van der Waals surface area contributed by atoms with Crippen molar-refractivity contribution in [3.63, 3.8) is 0 Å². The van der Waals surface area contributed by atoms with Crippen LogP contribution in [0, 0.1) is 23.4 Å². The fraction of sp³-hybridized carbons (Fsp3) is 0.636. The molecule has 0 radical (unpaired) electrons. The minimum Gasteiger partial charge on any atom is -0.374 e. The number of unbranched alkanes of at least 4 members (excludes halogenated alkanes) is 2. The van der Waals surface area contributed by atoms with E-state index in [1.54, 1.807) is 6.07 Å². The maximum absolute atomic E-state index is 15.2. The average Bonchev–Trinajstić information content (AvgIpc) is 2.91. The molecule has 0 amide bonds. The lowest BCUT2D eigenvalue weighted by Gasteiger charge is -2.31. The Balaban J connectivity index is 1.27. The van der Waals surface area contributed by atoms with Gasteiger partial charge in [-0.1, -0.05) is 63.8 Å². The van der Waals surface area contributed by atoms with Crippen LogP contribution in [0.15, 0.2) is 30.3 Å². The van der Waals surface area contributed by atoms with Crippen molar-refractivity contribution < 1.29 is 17.9 Å². The minimum absolute atomic E-state index is 0.0311. The molecule has 0 aromatic heterocycles. The Hall–Kier alpha value is -1.81. The summed E-state index contributed by atoms with van der Waals surface area (Å²) >= 11 is 0. The first kappa shape index (κ1) is 28.2. The van der Waals surface area contributed by atoms with E-state index < -0.39 is 11.6 Å². The first-order chi connectivity index (χ1) is 18.0. The number of hydrogen-bond donors (Lipinski definition) is 0. The minimum atomic E-state index is -0.632. The molecule has 0 saturated heterocycles. The second-order valence-corrected chi connectivity index (χ2v) is 11.5. The zero-order chi connectivity index (χ0) is 26.2. The fourth-order valence-corrected chi connectivity index (χ4v) is 6.58. The van der Waals surface area contributed by atoms with Crippen LogP contribution in [-0.2, 0) is 17.8 Å². The fourth-order valence-electron chi connectivity index (χ4n) is 6.58. The van der Waals surface area contributed by atoms with Crippen LogP contribution in [0.1, 0.15) is 131 Å². The van der Waals surface area contributed by atoms with Crippen molar-refractivity contribution in [1.29, 1.82) is 0 Å². The molecule has 0 unspecified atom stereocenters. The lowest BCUT2D eigenvalue weighted by molar-refractivity contribution is 0.0130. The maximum atomic E-state index is 15.2. The highest BCUT2D eigenvalue weighted by Gasteiger charge is 2.29. The van der Waals surface area contributed by atoms with Crippen LogP contribution in [0.2, 0.25) is 0 Å². The van der Waals surface area contributed by atoms with Gasteiger partial charge in [-0.15, -0.1) is 0 Å². The summed E-state index contributed by atoms with van der Waals surface area (Å²) in [5, 5.41) is 0. The molecule has 2 aliphatic carbocycles. The summed E-state index contributed by atoms with van der Waals surface area (Å²) in [5.41, 5.74) is 2.74. The van der Waals surface area contributed by atoms with Gasteiger partial charge in [0.05, 0.1) is 12.7 Å². The molecule has 0 bridgehead atoms. The van der Waals surface area contributed by atoms with Crippen molar-refractivity contribution in [2.45, 2.75) is 128 Å². The monoisotopic (exact) mass is 514 g/mol. The van der Waals surface area contributed by atoms with Crippen molar-refractivity contribution in [2.75, 3.05) is 0 Å². The smallest absolute Gasteiger partial charge is 0.162 e. The Bertz CT molecular complexity index is 987. The number of aryl methyl sites for hydroxylation is 1. The summed E-state index contributed by atoms with van der Waals surface area (Å²) in [5.74, 6) is -0.461. The van der Waals surface area contributed by atoms with Gasteiger partial charge in [0.2, 0.25) is 0 Å². The van der Waals surface area contributed by atoms with Gasteiger partial charge in [-0.25, -0.2) is 13.2 Å². The molecule has 2 aromatic rings. The normalized spacial score (nSPS) is 24.4. The maximum Gasteiger partial charge on any atom is 0.162 e. The molecule has 0 N–H and O–H groups in total. The Kier molecular flexibility index (Phi) is 10.5. The number of benzene rings is 2. The predicted molar refractivity (Wildman–Crippen MR) is 145 cm³/mol. The quantitative estimate of drug-likeness (QED) is 0.271. The van der Waals surface area contributed by atoms with Crippen LogP contribution in [-0.4, -0.2) is 6.10 Å². The first-order valence-electron chi connectivity index (χ1n) is 14.9. The Morgan fingerprint density at radius 3 is 1.92 bits per heavy atom. The van der Waals surface area contributed by atoms with E-state index in [0.29, 0.717) is 17.7 Å². The third-order valence-corrected chi connectivity index (χ3v) is 8.89. The van der Waals surface area contributed by atoms with Gasteiger partial charge >= 0.3 is 0 Å². The summed E-state index contributed by atoms with van der Waals surface area (Å²) < 4.78 is 50.9. The second-order valence-electron chi connectivity index (χ2n) is 11.5. The van der Waals surface area contributed by atoms with Crippen molar-refractivity contribution in [3.8, 4) is 0 Å². The van der Waals surface area contributed by atoms with Crippen molar-refractivity contribution in [2.24, 2.45) is 5.92 Å². The van der Waals surface area contributed by atoms with Gasteiger partial charge in [0.15, 0.2) is 11.6 Å². The molecular formula is C33H45F3O. The molecule has 1 nitrogen and oxygen atoms in total. The Morgan fingerprint density at radius 2 is 1.35 bits per heavy atom. The van der Waals surface area contributed by atoms with E-state index in [1.807, 2.05) is 24.3 Å². The van der Waals surface area contributed by atoms with Gasteiger partial charge in [-0.05, 0) is 110 Å². The van der Waals surface area contributed by atoms with Gasteiger partial charge in [-0.3, -0.25) is 0 Å². The Morgan fingerprint density at radius 1 is 0.730 bits per heavy atom. The summed E-state index contributed by atoms with van der Waals surface area (Å²) in [6.07, 6.45) is 13.9. The molecule has 0 spiro atoms. The van der Waals surface area contributed by atoms with E-state index in [2.05, 4.69) is 13.8 Å². The van der Waals surface area contributed by atoms with Crippen molar-refractivity contribution in [3.05, 3.63) is 70.0 Å². The molecule has 2 aromatic carbocycles. The molecular weight excluding hydrogens is 469 g/mol. The van der Waals surface area contributed by atoms with Crippen LogP contribution < -0.4 is 0 Å². The van der Waals surface area contributed by atoms with Crippen LogP contribution in [0.25, 0.3) is 0 Å². The zero-order valence-corrected chi connectivity index (χ0v) is 22.8. The van der Waals surface area contributed by atoms with Gasteiger partial charge in [0.25, 0.3) is 0 Å². The second kappa shape index (κ2) is 13.8. The largest absolute Gasteiger partial charge is 0.374 e. The molecule has 0 atom stereocenters. The van der Waals surface area contributed by atoms with Gasteiger partial charge < -0.3 is 4.74 Å². The van der Waals surface area contributed by atoms with E-state index in [4.69, 9.17) is 4.74 Å². The van der Waals surface area contributed by atoms with Gasteiger partial charge in [0, 0.05) is 0 Å². The third kappa shape index (κ3) is 7.40. The summed E-state index contributed by atoms with van der Waals surface area (Å²) in [6.45, 7) is 4.75. The molecule has 2 saturated carbocycles. The van der Waals surface area contributed by atoms with Crippen molar-refractivity contribution in [1.82, 2.24) is 0 Å². The number of ether oxygens (including phenoxy) is 1. The molecule has 0 aliphatic heterocycles. The number of halogens is 3. The van der Waals surface area contributed by atoms with Gasteiger partial charge in [0.1, 0.15) is 5.82 Å². The Labute approximate surface area is 222 Å². The SMILES string of the molecule is CCCCCc1ccc(COC2CCC(c3ccc(C4CCC(CCC)CC4)c(F)c3F)CC2)cc1F. The summed E-state index contributed by atoms with van der Waals surface area (Å²) in [4.78, 5) is 0. The third-order valence-electron chi connectivity index (χ3n) is 8.89. The first-order valence-corrected chi connectivity index (χ1v) is 14.9. The van der Waals surface area contributed by atoms with E-state index in [1.165, 1.54) is 12.8 Å². The molecule has 2 fully saturated rings. The van der Waals surface area contributed by atoms with E-state index >= 15 is 8.78 Å².